The third kappa shape index (κ3) is 2.78. The van der Waals surface area contributed by atoms with E-state index in [9.17, 15) is 4.79 Å². The van der Waals surface area contributed by atoms with Crippen molar-refractivity contribution in [3.63, 3.8) is 0 Å². The molecule has 7 heteroatoms. The third-order valence-electron chi connectivity index (χ3n) is 5.55. The molecule has 0 amide bonds. The predicted molar refractivity (Wildman–Crippen MR) is 100 cm³/mol. The van der Waals surface area contributed by atoms with Crippen LogP contribution in [0.2, 0.25) is 0 Å². The molecule has 0 saturated carbocycles. The minimum atomic E-state index is -0.167. The second-order valence-corrected chi connectivity index (χ2v) is 7.30. The van der Waals surface area contributed by atoms with Gasteiger partial charge in [-0.1, -0.05) is 5.16 Å². The molecule has 0 saturated heterocycles. The van der Waals surface area contributed by atoms with Crippen molar-refractivity contribution < 1.29 is 4.52 Å². The van der Waals surface area contributed by atoms with Crippen LogP contribution in [0, 0.1) is 6.92 Å². The Morgan fingerprint density at radius 3 is 2.96 bits per heavy atom. The van der Waals surface area contributed by atoms with Gasteiger partial charge in [0.15, 0.2) is 0 Å². The quantitative estimate of drug-likeness (QED) is 0.725. The van der Waals surface area contributed by atoms with Crippen molar-refractivity contribution >= 4 is 0 Å². The van der Waals surface area contributed by atoms with Gasteiger partial charge in [0.1, 0.15) is 5.56 Å². The van der Waals surface area contributed by atoms with E-state index in [0.29, 0.717) is 11.4 Å². The number of fused-ring (bicyclic) bond motifs is 2. The Bertz CT molecular complexity index is 1080. The van der Waals surface area contributed by atoms with E-state index in [2.05, 4.69) is 25.4 Å². The number of nitrogens with zero attached hydrogens (tertiary/aromatic N) is 3. The van der Waals surface area contributed by atoms with Gasteiger partial charge in [-0.25, -0.2) is 0 Å². The SMILES string of the molecule is Cc1ncc2c(c1-c1noc(-c3cc4c([nH]c3=O)CCCC4)n1)CCNC2. The van der Waals surface area contributed by atoms with E-state index in [1.54, 1.807) is 0 Å². The molecule has 4 heterocycles. The number of nitrogens with one attached hydrogen (secondary N) is 2. The number of H-pyrrole nitrogens is 1. The van der Waals surface area contributed by atoms with E-state index in [1.807, 2.05) is 19.2 Å². The second-order valence-electron chi connectivity index (χ2n) is 7.30. The molecule has 2 aliphatic rings. The van der Waals surface area contributed by atoms with Crippen LogP contribution in [0.3, 0.4) is 0 Å². The van der Waals surface area contributed by atoms with Crippen LogP contribution in [0.15, 0.2) is 21.6 Å². The van der Waals surface area contributed by atoms with Crippen molar-refractivity contribution in [2.24, 2.45) is 0 Å². The molecular weight excluding hydrogens is 342 g/mol. The monoisotopic (exact) mass is 363 g/mol. The molecule has 7 nitrogen and oxygen atoms in total. The molecule has 0 atom stereocenters. The average Bonchev–Trinajstić information content (AvgIpc) is 3.16. The highest BCUT2D eigenvalue weighted by molar-refractivity contribution is 5.67. The summed E-state index contributed by atoms with van der Waals surface area (Å²) in [4.78, 5) is 24.6. The van der Waals surface area contributed by atoms with Gasteiger partial charge in [-0.05, 0) is 68.3 Å². The summed E-state index contributed by atoms with van der Waals surface area (Å²) in [6.45, 7) is 3.67. The standard InChI is InChI=1S/C20H21N5O2/c1-11-17(14-6-7-21-9-13(14)10-22-11)18-24-20(27-25-18)15-8-12-4-2-3-5-16(12)23-19(15)26/h8,10,21H,2-7,9H2,1H3,(H,23,26). The Balaban J connectivity index is 1.60. The molecular formula is C20H21N5O2. The summed E-state index contributed by atoms with van der Waals surface area (Å²) in [6.07, 6.45) is 6.97. The van der Waals surface area contributed by atoms with E-state index >= 15 is 0 Å². The first-order valence-electron chi connectivity index (χ1n) is 9.48. The summed E-state index contributed by atoms with van der Waals surface area (Å²) in [5.74, 6) is 0.774. The summed E-state index contributed by atoms with van der Waals surface area (Å²) in [6, 6.07) is 1.92. The Morgan fingerprint density at radius 1 is 1.15 bits per heavy atom. The van der Waals surface area contributed by atoms with Gasteiger partial charge in [0.05, 0.1) is 0 Å². The molecule has 5 rings (SSSR count). The minimum Gasteiger partial charge on any atom is -0.333 e. The first-order chi connectivity index (χ1) is 13.2. The highest BCUT2D eigenvalue weighted by Gasteiger charge is 2.23. The summed E-state index contributed by atoms with van der Waals surface area (Å²) in [5.41, 5.74) is 6.69. The van der Waals surface area contributed by atoms with Crippen LogP contribution in [-0.2, 0) is 25.8 Å². The molecule has 0 fully saturated rings. The van der Waals surface area contributed by atoms with E-state index in [-0.39, 0.29) is 11.4 Å². The zero-order valence-corrected chi connectivity index (χ0v) is 15.3. The topological polar surface area (TPSA) is 96.7 Å². The van der Waals surface area contributed by atoms with Crippen LogP contribution in [-0.4, -0.2) is 26.7 Å². The molecule has 3 aromatic rings. The molecule has 0 spiro atoms. The minimum absolute atomic E-state index is 0.167. The molecule has 1 aliphatic heterocycles. The van der Waals surface area contributed by atoms with Crippen LogP contribution in [0.5, 0.6) is 0 Å². The van der Waals surface area contributed by atoms with Crippen molar-refractivity contribution in [2.45, 2.75) is 45.6 Å². The lowest BCUT2D eigenvalue weighted by atomic mass is 9.95. The first-order valence-corrected chi connectivity index (χ1v) is 9.48. The molecule has 2 N–H and O–H groups in total. The van der Waals surface area contributed by atoms with Crippen LogP contribution in [0.1, 0.15) is 40.9 Å². The highest BCUT2D eigenvalue weighted by atomic mass is 16.5. The summed E-state index contributed by atoms with van der Waals surface area (Å²) in [7, 11) is 0. The van der Waals surface area contributed by atoms with E-state index in [4.69, 9.17) is 4.52 Å². The van der Waals surface area contributed by atoms with Crippen LogP contribution in [0.25, 0.3) is 22.8 Å². The van der Waals surface area contributed by atoms with Gasteiger partial charge in [0, 0.05) is 29.7 Å². The number of aromatic nitrogens is 4. The van der Waals surface area contributed by atoms with Crippen molar-refractivity contribution in [2.75, 3.05) is 6.54 Å². The number of rotatable bonds is 2. The smallest absolute Gasteiger partial charge is 0.263 e. The molecule has 0 bridgehead atoms. The van der Waals surface area contributed by atoms with Crippen LogP contribution >= 0.6 is 0 Å². The lowest BCUT2D eigenvalue weighted by molar-refractivity contribution is 0.431. The number of pyridine rings is 2. The van der Waals surface area contributed by atoms with E-state index in [0.717, 1.165) is 62.1 Å². The lowest BCUT2D eigenvalue weighted by Gasteiger charge is -2.19. The van der Waals surface area contributed by atoms with Crippen LogP contribution < -0.4 is 10.9 Å². The van der Waals surface area contributed by atoms with Crippen molar-refractivity contribution in [1.29, 1.82) is 0 Å². The Labute approximate surface area is 156 Å². The van der Waals surface area contributed by atoms with Crippen molar-refractivity contribution in [3.8, 4) is 22.8 Å². The number of aromatic amines is 1. The van der Waals surface area contributed by atoms with Crippen molar-refractivity contribution in [3.05, 3.63) is 50.7 Å². The Morgan fingerprint density at radius 2 is 2.04 bits per heavy atom. The molecule has 3 aromatic heterocycles. The van der Waals surface area contributed by atoms with Crippen LogP contribution in [0.4, 0.5) is 0 Å². The fraction of sp³-hybridized carbons (Fsp3) is 0.400. The Hall–Kier alpha value is -2.80. The van der Waals surface area contributed by atoms with Gasteiger partial charge < -0.3 is 14.8 Å². The molecule has 138 valence electrons. The van der Waals surface area contributed by atoms with E-state index in [1.165, 1.54) is 16.7 Å². The van der Waals surface area contributed by atoms with Gasteiger partial charge >= 0.3 is 0 Å². The van der Waals surface area contributed by atoms with Gasteiger partial charge in [0.2, 0.25) is 5.82 Å². The Kier molecular flexibility index (Phi) is 3.89. The predicted octanol–water partition coefficient (Wildman–Crippen LogP) is 2.32. The van der Waals surface area contributed by atoms with Gasteiger partial charge in [-0.3, -0.25) is 9.78 Å². The first kappa shape index (κ1) is 16.4. The maximum absolute atomic E-state index is 12.5. The highest BCUT2D eigenvalue weighted by Crippen LogP contribution is 2.30. The van der Waals surface area contributed by atoms with E-state index < -0.39 is 0 Å². The summed E-state index contributed by atoms with van der Waals surface area (Å²) in [5, 5.41) is 7.54. The average molecular weight is 363 g/mol. The largest absolute Gasteiger partial charge is 0.333 e. The van der Waals surface area contributed by atoms with Gasteiger partial charge in [-0.2, -0.15) is 4.98 Å². The lowest BCUT2D eigenvalue weighted by Crippen LogP contribution is -2.24. The normalized spacial score (nSPS) is 16.0. The molecule has 0 aromatic carbocycles. The fourth-order valence-corrected chi connectivity index (χ4v) is 4.14. The zero-order chi connectivity index (χ0) is 18.4. The number of hydrogen-bond donors (Lipinski definition) is 2. The molecule has 1 aliphatic carbocycles. The number of hydrogen-bond acceptors (Lipinski definition) is 6. The summed E-state index contributed by atoms with van der Waals surface area (Å²) >= 11 is 0. The second kappa shape index (κ2) is 6.42. The van der Waals surface area contributed by atoms with Gasteiger partial charge in [0.25, 0.3) is 11.4 Å². The molecule has 0 unspecified atom stereocenters. The maximum atomic E-state index is 12.5. The van der Waals surface area contributed by atoms with Crippen molar-refractivity contribution in [1.82, 2.24) is 25.4 Å². The fourth-order valence-electron chi connectivity index (χ4n) is 4.14. The zero-order valence-electron chi connectivity index (χ0n) is 15.3. The maximum Gasteiger partial charge on any atom is 0.263 e. The number of aryl methyl sites for hydroxylation is 3. The third-order valence-corrected chi connectivity index (χ3v) is 5.55. The summed E-state index contributed by atoms with van der Waals surface area (Å²) < 4.78 is 5.50. The van der Waals surface area contributed by atoms with Gasteiger partial charge in [-0.15, -0.1) is 0 Å². The molecule has 0 radical (unpaired) electrons. The molecule has 27 heavy (non-hydrogen) atoms.